The molecule has 7 unspecified atom stereocenters. The fourth-order valence-corrected chi connectivity index (χ4v) is 8.03. The molecule has 2 heteroatoms. The number of hydrogen-bond acceptors (Lipinski definition) is 2. The minimum Gasteiger partial charge on any atom is -0.393 e. The maximum atomic E-state index is 10.3. The number of aliphatic hydroxyl groups excluding tert-OH is 1. The molecule has 0 radical (unpaired) electrons. The van der Waals surface area contributed by atoms with Crippen molar-refractivity contribution in [3.05, 3.63) is 24.3 Å². The highest BCUT2D eigenvalue weighted by Gasteiger charge is 2.58. The van der Waals surface area contributed by atoms with Gasteiger partial charge in [-0.05, 0) is 112 Å². The number of aliphatic hydroxyl groups is 2. The first-order valence-corrected chi connectivity index (χ1v) is 12.9. The molecular weight excluding hydrogens is 368 g/mol. The van der Waals surface area contributed by atoms with Gasteiger partial charge in [0.2, 0.25) is 0 Å². The number of allylic oxidation sites excluding steroid dienone is 1. The van der Waals surface area contributed by atoms with Crippen LogP contribution in [0.1, 0.15) is 105 Å². The van der Waals surface area contributed by atoms with Crippen LogP contribution in [0.3, 0.4) is 0 Å². The predicted molar refractivity (Wildman–Crippen MR) is 127 cm³/mol. The molecule has 172 valence electrons. The van der Waals surface area contributed by atoms with E-state index >= 15 is 0 Å². The van der Waals surface area contributed by atoms with E-state index in [0.29, 0.717) is 10.8 Å². The second kappa shape index (κ2) is 9.10. The van der Waals surface area contributed by atoms with E-state index in [0.717, 1.165) is 49.4 Å². The monoisotopic (exact) mass is 416 g/mol. The molecule has 0 heterocycles. The summed E-state index contributed by atoms with van der Waals surface area (Å²) in [5.74, 6) is 3.38. The average Bonchev–Trinajstić information content (AvgIpc) is 3.06. The van der Waals surface area contributed by atoms with Crippen molar-refractivity contribution in [3.63, 3.8) is 0 Å². The summed E-state index contributed by atoms with van der Waals surface area (Å²) in [6, 6.07) is 0. The molecule has 3 fully saturated rings. The van der Waals surface area contributed by atoms with E-state index in [9.17, 15) is 10.2 Å². The minimum atomic E-state index is -0.707. The smallest absolute Gasteiger partial charge is 0.0797 e. The third-order valence-electron chi connectivity index (χ3n) is 9.95. The van der Waals surface area contributed by atoms with Gasteiger partial charge < -0.3 is 10.2 Å². The molecule has 0 aromatic rings. The van der Waals surface area contributed by atoms with Crippen LogP contribution >= 0.6 is 0 Å². The number of fused-ring (bicyclic) bond motifs is 5. The molecule has 0 aromatic carbocycles. The lowest BCUT2D eigenvalue weighted by Crippen LogP contribution is -2.50. The third-order valence-corrected chi connectivity index (χ3v) is 9.95. The van der Waals surface area contributed by atoms with Crippen molar-refractivity contribution in [2.24, 2.45) is 34.5 Å². The van der Waals surface area contributed by atoms with Gasteiger partial charge in [0, 0.05) is 0 Å². The maximum absolute atomic E-state index is 10.3. The Kier molecular flexibility index (Phi) is 7.30. The van der Waals surface area contributed by atoms with Gasteiger partial charge >= 0.3 is 0 Å². The van der Waals surface area contributed by atoms with Crippen LogP contribution in [-0.4, -0.2) is 21.9 Å². The molecule has 4 aliphatic rings. The number of rotatable bonds is 5. The zero-order valence-electron chi connectivity index (χ0n) is 20.4. The van der Waals surface area contributed by atoms with Crippen LogP contribution in [-0.2, 0) is 0 Å². The Morgan fingerprint density at radius 1 is 1.13 bits per heavy atom. The summed E-state index contributed by atoms with van der Waals surface area (Å²) < 4.78 is 0. The zero-order chi connectivity index (χ0) is 22.2. The highest BCUT2D eigenvalue weighted by Crippen LogP contribution is 2.66. The van der Waals surface area contributed by atoms with Gasteiger partial charge in [-0.15, -0.1) is 6.58 Å². The Labute approximate surface area is 186 Å². The van der Waals surface area contributed by atoms with Crippen molar-refractivity contribution in [2.75, 3.05) is 0 Å². The molecule has 30 heavy (non-hydrogen) atoms. The van der Waals surface area contributed by atoms with E-state index in [1.54, 1.807) is 11.6 Å². The Balaban J connectivity index is 0.00000124. The fourth-order valence-electron chi connectivity index (χ4n) is 8.03. The lowest BCUT2D eigenvalue weighted by atomic mass is 9.47. The quantitative estimate of drug-likeness (QED) is 0.471. The first-order chi connectivity index (χ1) is 14.2. The van der Waals surface area contributed by atoms with Gasteiger partial charge in [0.1, 0.15) is 0 Å². The van der Waals surface area contributed by atoms with Gasteiger partial charge in [-0.2, -0.15) is 0 Å². The molecule has 2 N–H and O–H groups in total. The van der Waals surface area contributed by atoms with Crippen LogP contribution in [0.4, 0.5) is 0 Å². The van der Waals surface area contributed by atoms with Crippen LogP contribution in [0.25, 0.3) is 0 Å². The lowest BCUT2D eigenvalue weighted by molar-refractivity contribution is -0.0513. The normalized spacial score (nSPS) is 44.4. The van der Waals surface area contributed by atoms with Crippen molar-refractivity contribution in [1.82, 2.24) is 0 Å². The summed E-state index contributed by atoms with van der Waals surface area (Å²) in [5, 5.41) is 20.4. The Hall–Kier alpha value is -0.600. The molecule has 3 saturated carbocycles. The van der Waals surface area contributed by atoms with E-state index in [4.69, 9.17) is 0 Å². The molecule has 0 aliphatic heterocycles. The largest absolute Gasteiger partial charge is 0.393 e. The van der Waals surface area contributed by atoms with Crippen molar-refractivity contribution in [1.29, 1.82) is 0 Å². The lowest BCUT2D eigenvalue weighted by Gasteiger charge is -2.58. The predicted octanol–water partition coefficient (Wildman–Crippen LogP) is 7.06. The van der Waals surface area contributed by atoms with Crippen LogP contribution < -0.4 is 0 Å². The van der Waals surface area contributed by atoms with Gasteiger partial charge in [0.05, 0.1) is 11.7 Å². The molecule has 0 amide bonds. The summed E-state index contributed by atoms with van der Waals surface area (Å²) in [4.78, 5) is 0. The molecule has 0 aromatic heterocycles. The topological polar surface area (TPSA) is 40.5 Å². The third kappa shape index (κ3) is 4.20. The highest BCUT2D eigenvalue weighted by atomic mass is 16.3. The second-order valence-electron chi connectivity index (χ2n) is 11.4. The van der Waals surface area contributed by atoms with Crippen molar-refractivity contribution in [3.8, 4) is 0 Å². The average molecular weight is 417 g/mol. The first kappa shape index (κ1) is 24.1. The standard InChI is InChI=1S/C26H42O2.C2H6/c1-5-24(2,28)14-6-7-18-9-11-22-21-10-8-19-17-20(27)12-15-26(19,4)23(21)13-16-25(18,22)3;1-2/h5,8,18,20-23,27-28H,1,6-7,9-17H2,2-4H3;1-2H3/t18?,20?,21?,22?,23?,24-,25?,26?;/m0./s1. The minimum absolute atomic E-state index is 0.103. The fraction of sp³-hybridized carbons (Fsp3) is 0.857. The van der Waals surface area contributed by atoms with E-state index in [2.05, 4.69) is 26.5 Å². The highest BCUT2D eigenvalue weighted by molar-refractivity contribution is 5.25. The summed E-state index contributed by atoms with van der Waals surface area (Å²) in [5.41, 5.74) is 1.72. The van der Waals surface area contributed by atoms with Crippen LogP contribution in [0.5, 0.6) is 0 Å². The summed E-state index contributed by atoms with van der Waals surface area (Å²) in [6.45, 7) is 14.8. The zero-order valence-corrected chi connectivity index (χ0v) is 20.4. The molecule has 8 atom stereocenters. The van der Waals surface area contributed by atoms with Gasteiger partial charge in [0.25, 0.3) is 0 Å². The first-order valence-electron chi connectivity index (χ1n) is 12.9. The Morgan fingerprint density at radius 2 is 1.87 bits per heavy atom. The van der Waals surface area contributed by atoms with Gasteiger partial charge in [-0.3, -0.25) is 0 Å². The Bertz CT molecular complexity index is 635. The molecule has 4 rings (SSSR count). The summed E-state index contributed by atoms with van der Waals surface area (Å²) in [7, 11) is 0. The van der Waals surface area contributed by atoms with Crippen molar-refractivity contribution >= 4 is 0 Å². The van der Waals surface area contributed by atoms with E-state index in [1.165, 1.54) is 44.9 Å². The summed E-state index contributed by atoms with van der Waals surface area (Å²) in [6.07, 6.45) is 17.3. The molecular formula is C28H48O2. The maximum Gasteiger partial charge on any atom is 0.0797 e. The second-order valence-corrected chi connectivity index (χ2v) is 11.4. The molecule has 0 saturated heterocycles. The molecule has 4 aliphatic carbocycles. The van der Waals surface area contributed by atoms with Gasteiger partial charge in [0.15, 0.2) is 0 Å². The Morgan fingerprint density at radius 3 is 2.57 bits per heavy atom. The van der Waals surface area contributed by atoms with Crippen molar-refractivity contribution < 1.29 is 10.2 Å². The summed E-state index contributed by atoms with van der Waals surface area (Å²) >= 11 is 0. The van der Waals surface area contributed by atoms with Crippen LogP contribution in [0.15, 0.2) is 24.3 Å². The number of hydrogen-bond donors (Lipinski definition) is 2. The van der Waals surface area contributed by atoms with Gasteiger partial charge in [-0.25, -0.2) is 0 Å². The van der Waals surface area contributed by atoms with E-state index in [1.807, 2.05) is 20.8 Å². The van der Waals surface area contributed by atoms with Gasteiger partial charge in [-0.1, -0.05) is 45.4 Å². The molecule has 0 spiro atoms. The SMILES string of the molecule is C=C[C@](C)(O)CCCC1CCC2C3CC=C4CC(O)CCC4(C)C3CCC12C.CC. The van der Waals surface area contributed by atoms with Crippen LogP contribution in [0.2, 0.25) is 0 Å². The molecule has 0 bridgehead atoms. The van der Waals surface area contributed by atoms with Crippen molar-refractivity contribution in [2.45, 2.75) is 117 Å². The van der Waals surface area contributed by atoms with E-state index < -0.39 is 5.60 Å². The van der Waals surface area contributed by atoms with E-state index in [-0.39, 0.29) is 6.10 Å². The molecule has 2 nitrogen and oxygen atoms in total. The van der Waals surface area contributed by atoms with Crippen LogP contribution in [0, 0.1) is 34.5 Å².